The average molecular weight is 224 g/mol. The molecule has 0 radical (unpaired) electrons. The molecule has 0 aromatic heterocycles. The largest absolute Gasteiger partial charge is 0.341 e. The number of carbonyl (C=O) groups excluding carboxylic acids is 1. The summed E-state index contributed by atoms with van der Waals surface area (Å²) in [5.74, 6) is 0.246. The van der Waals surface area contributed by atoms with E-state index in [0.29, 0.717) is 6.04 Å². The van der Waals surface area contributed by atoms with E-state index in [2.05, 4.69) is 18.8 Å². The monoisotopic (exact) mass is 224 g/mol. The Labute approximate surface area is 98.9 Å². The lowest BCUT2D eigenvalue weighted by molar-refractivity contribution is -0.134. The zero-order chi connectivity index (χ0) is 12.0. The molecule has 0 aromatic carbocycles. The summed E-state index contributed by atoms with van der Waals surface area (Å²) in [6.45, 7) is 9.61. The van der Waals surface area contributed by atoms with E-state index in [1.54, 1.807) is 0 Å². The van der Waals surface area contributed by atoms with Crippen LogP contribution in [0.1, 0.15) is 39.5 Å². The van der Waals surface area contributed by atoms with Crippen LogP contribution in [0, 0.1) is 0 Å². The lowest BCUT2D eigenvalue weighted by atomic mass is 10.1. The highest BCUT2D eigenvalue weighted by Gasteiger charge is 2.22. The third kappa shape index (κ3) is 3.97. The van der Waals surface area contributed by atoms with Gasteiger partial charge in [-0.25, -0.2) is 0 Å². The summed E-state index contributed by atoms with van der Waals surface area (Å²) in [6.07, 6.45) is 6.35. The van der Waals surface area contributed by atoms with Crippen LogP contribution >= 0.6 is 0 Å². The number of piperidine rings is 1. The standard InChI is InChI=1S/C13H24N2O/c1-4-8-11(2)14-12(3)13(16)15-9-6-5-7-10-15/h4,11-12,14H,1,5-10H2,2-3H3. The second kappa shape index (κ2) is 6.69. The Bertz CT molecular complexity index is 234. The molecule has 0 bridgehead atoms. The van der Waals surface area contributed by atoms with Gasteiger partial charge in [-0.2, -0.15) is 0 Å². The van der Waals surface area contributed by atoms with Gasteiger partial charge in [0.2, 0.25) is 5.91 Å². The van der Waals surface area contributed by atoms with Crippen molar-refractivity contribution < 1.29 is 4.79 Å². The molecule has 2 atom stereocenters. The molecule has 1 aliphatic heterocycles. The molecule has 3 heteroatoms. The molecule has 0 saturated carbocycles. The van der Waals surface area contributed by atoms with Crippen molar-refractivity contribution in [2.75, 3.05) is 13.1 Å². The molecule has 2 unspecified atom stereocenters. The summed E-state index contributed by atoms with van der Waals surface area (Å²) in [5, 5.41) is 3.32. The molecule has 0 aromatic rings. The highest BCUT2D eigenvalue weighted by Crippen LogP contribution is 2.10. The second-order valence-corrected chi connectivity index (χ2v) is 4.70. The highest BCUT2D eigenvalue weighted by atomic mass is 16.2. The van der Waals surface area contributed by atoms with E-state index in [1.165, 1.54) is 6.42 Å². The van der Waals surface area contributed by atoms with E-state index >= 15 is 0 Å². The number of nitrogens with zero attached hydrogens (tertiary/aromatic N) is 1. The van der Waals surface area contributed by atoms with Crippen LogP contribution in [0.25, 0.3) is 0 Å². The van der Waals surface area contributed by atoms with Gasteiger partial charge in [0.25, 0.3) is 0 Å². The number of hydrogen-bond acceptors (Lipinski definition) is 2. The van der Waals surface area contributed by atoms with Crippen LogP contribution in [0.5, 0.6) is 0 Å². The maximum absolute atomic E-state index is 12.1. The van der Waals surface area contributed by atoms with Gasteiger partial charge in [-0.15, -0.1) is 6.58 Å². The Kier molecular flexibility index (Phi) is 5.53. The third-order valence-electron chi connectivity index (χ3n) is 3.09. The Morgan fingerprint density at radius 3 is 2.56 bits per heavy atom. The maximum atomic E-state index is 12.1. The zero-order valence-corrected chi connectivity index (χ0v) is 10.5. The van der Waals surface area contributed by atoms with Gasteiger partial charge in [0.15, 0.2) is 0 Å². The van der Waals surface area contributed by atoms with Crippen molar-refractivity contribution in [3.63, 3.8) is 0 Å². The minimum absolute atomic E-state index is 0.0759. The first-order chi connectivity index (χ1) is 7.65. The van der Waals surface area contributed by atoms with Crippen LogP contribution in [0.4, 0.5) is 0 Å². The molecular formula is C13H24N2O. The fourth-order valence-corrected chi connectivity index (χ4v) is 2.20. The quantitative estimate of drug-likeness (QED) is 0.724. The van der Waals surface area contributed by atoms with Gasteiger partial charge in [-0.3, -0.25) is 4.79 Å². The number of likely N-dealkylation sites (tertiary alicyclic amines) is 1. The van der Waals surface area contributed by atoms with Crippen molar-refractivity contribution in [2.45, 2.75) is 51.6 Å². The number of hydrogen-bond donors (Lipinski definition) is 1. The van der Waals surface area contributed by atoms with Crippen LogP contribution in [-0.2, 0) is 4.79 Å². The first-order valence-corrected chi connectivity index (χ1v) is 6.31. The summed E-state index contributed by atoms with van der Waals surface area (Å²) >= 11 is 0. The average Bonchev–Trinajstić information content (AvgIpc) is 2.29. The lowest BCUT2D eigenvalue weighted by Crippen LogP contribution is -2.49. The Morgan fingerprint density at radius 1 is 1.38 bits per heavy atom. The molecule has 16 heavy (non-hydrogen) atoms. The van der Waals surface area contributed by atoms with Crippen molar-refractivity contribution in [3.05, 3.63) is 12.7 Å². The van der Waals surface area contributed by atoms with E-state index < -0.39 is 0 Å². The van der Waals surface area contributed by atoms with Crippen LogP contribution in [0.3, 0.4) is 0 Å². The molecule has 92 valence electrons. The van der Waals surface area contributed by atoms with Crippen molar-refractivity contribution >= 4 is 5.91 Å². The van der Waals surface area contributed by atoms with Gasteiger partial charge in [0, 0.05) is 19.1 Å². The summed E-state index contributed by atoms with van der Waals surface area (Å²) in [4.78, 5) is 14.1. The van der Waals surface area contributed by atoms with Crippen LogP contribution in [-0.4, -0.2) is 36.0 Å². The summed E-state index contributed by atoms with van der Waals surface area (Å²) in [5.41, 5.74) is 0. The van der Waals surface area contributed by atoms with Gasteiger partial charge in [-0.1, -0.05) is 6.08 Å². The zero-order valence-electron chi connectivity index (χ0n) is 10.5. The van der Waals surface area contributed by atoms with Crippen molar-refractivity contribution in [2.24, 2.45) is 0 Å². The first kappa shape index (κ1) is 13.2. The summed E-state index contributed by atoms with van der Waals surface area (Å²) in [7, 11) is 0. The predicted octanol–water partition coefficient (Wildman–Crippen LogP) is 1.94. The maximum Gasteiger partial charge on any atom is 0.239 e. The number of nitrogens with one attached hydrogen (secondary N) is 1. The smallest absolute Gasteiger partial charge is 0.239 e. The van der Waals surface area contributed by atoms with Crippen molar-refractivity contribution in [3.8, 4) is 0 Å². The van der Waals surface area contributed by atoms with E-state index in [4.69, 9.17) is 0 Å². The molecule has 1 heterocycles. The number of rotatable bonds is 5. The summed E-state index contributed by atoms with van der Waals surface area (Å²) in [6, 6.07) is 0.245. The van der Waals surface area contributed by atoms with E-state index in [0.717, 1.165) is 32.4 Å². The molecule has 1 amide bonds. The fraction of sp³-hybridized carbons (Fsp3) is 0.769. The molecule has 1 aliphatic rings. The fourth-order valence-electron chi connectivity index (χ4n) is 2.20. The summed E-state index contributed by atoms with van der Waals surface area (Å²) < 4.78 is 0. The lowest BCUT2D eigenvalue weighted by Gasteiger charge is -2.30. The van der Waals surface area contributed by atoms with Crippen LogP contribution in [0.2, 0.25) is 0 Å². The Morgan fingerprint density at radius 2 is 2.00 bits per heavy atom. The molecule has 1 rings (SSSR count). The van der Waals surface area contributed by atoms with E-state index in [-0.39, 0.29) is 11.9 Å². The third-order valence-corrected chi connectivity index (χ3v) is 3.09. The molecular weight excluding hydrogens is 200 g/mol. The van der Waals surface area contributed by atoms with Gasteiger partial charge in [0.05, 0.1) is 6.04 Å². The van der Waals surface area contributed by atoms with E-state index in [9.17, 15) is 4.79 Å². The van der Waals surface area contributed by atoms with E-state index in [1.807, 2.05) is 17.9 Å². The number of amides is 1. The van der Waals surface area contributed by atoms with Gasteiger partial charge in [-0.05, 0) is 39.5 Å². The Balaban J connectivity index is 2.36. The molecule has 1 saturated heterocycles. The Hall–Kier alpha value is -0.830. The minimum Gasteiger partial charge on any atom is -0.341 e. The first-order valence-electron chi connectivity index (χ1n) is 6.31. The van der Waals surface area contributed by atoms with Crippen LogP contribution in [0.15, 0.2) is 12.7 Å². The predicted molar refractivity (Wildman–Crippen MR) is 67.3 cm³/mol. The molecule has 1 fully saturated rings. The van der Waals surface area contributed by atoms with Gasteiger partial charge < -0.3 is 10.2 Å². The topological polar surface area (TPSA) is 32.3 Å². The minimum atomic E-state index is -0.0759. The van der Waals surface area contributed by atoms with Crippen LogP contribution < -0.4 is 5.32 Å². The molecule has 3 nitrogen and oxygen atoms in total. The molecule has 1 N–H and O–H groups in total. The normalized spacial score (nSPS) is 20.2. The van der Waals surface area contributed by atoms with Crippen molar-refractivity contribution in [1.29, 1.82) is 0 Å². The van der Waals surface area contributed by atoms with Gasteiger partial charge in [0.1, 0.15) is 0 Å². The highest BCUT2D eigenvalue weighted by molar-refractivity contribution is 5.81. The van der Waals surface area contributed by atoms with Gasteiger partial charge >= 0.3 is 0 Å². The SMILES string of the molecule is C=CCC(C)NC(C)C(=O)N1CCCCC1. The molecule has 0 aliphatic carbocycles. The molecule has 0 spiro atoms. The number of carbonyl (C=O) groups is 1. The second-order valence-electron chi connectivity index (χ2n) is 4.70. The van der Waals surface area contributed by atoms with Crippen molar-refractivity contribution in [1.82, 2.24) is 10.2 Å².